The highest BCUT2D eigenvalue weighted by atomic mass is 32.1. The predicted molar refractivity (Wildman–Crippen MR) is 137 cm³/mol. The van der Waals surface area contributed by atoms with Crippen LogP contribution in [-0.4, -0.2) is 64.3 Å². The normalized spacial score (nSPS) is 14.2. The number of carbonyl (C=O) groups is 2. The van der Waals surface area contributed by atoms with Crippen molar-refractivity contribution in [1.29, 1.82) is 0 Å². The van der Waals surface area contributed by atoms with Crippen LogP contribution in [0.1, 0.15) is 17.3 Å². The Kier molecular flexibility index (Phi) is 6.84. The number of anilines is 2. The van der Waals surface area contributed by atoms with E-state index in [0.29, 0.717) is 54.3 Å². The maximum atomic E-state index is 13.3. The van der Waals surface area contributed by atoms with Crippen LogP contribution in [0.4, 0.5) is 11.4 Å². The zero-order valence-electron chi connectivity index (χ0n) is 19.4. The van der Waals surface area contributed by atoms with Gasteiger partial charge in [0, 0.05) is 31.0 Å². The zero-order chi connectivity index (χ0) is 24.2. The number of thiophene rings is 1. The number of rotatable bonds is 7. The van der Waals surface area contributed by atoms with E-state index in [4.69, 9.17) is 9.72 Å². The van der Waals surface area contributed by atoms with Crippen LogP contribution in [-0.2, 0) is 16.1 Å². The summed E-state index contributed by atoms with van der Waals surface area (Å²) in [7, 11) is 0. The summed E-state index contributed by atoms with van der Waals surface area (Å²) in [6.07, 6.45) is 1.69. The Hall–Kier alpha value is -3.60. The van der Waals surface area contributed by atoms with E-state index in [1.54, 1.807) is 46.5 Å². The highest BCUT2D eigenvalue weighted by molar-refractivity contribution is 7.13. The molecule has 1 saturated heterocycles. The van der Waals surface area contributed by atoms with E-state index in [1.165, 1.54) is 0 Å². The van der Waals surface area contributed by atoms with Gasteiger partial charge in [0.05, 0.1) is 47.5 Å². The number of nitrogens with zero attached hydrogens (tertiary/aromatic N) is 4. The number of aromatic nitrogens is 3. The van der Waals surface area contributed by atoms with E-state index in [-0.39, 0.29) is 11.8 Å². The molecule has 180 valence electrons. The third-order valence-electron chi connectivity index (χ3n) is 5.82. The third-order valence-corrected chi connectivity index (χ3v) is 6.72. The lowest BCUT2D eigenvalue weighted by Crippen LogP contribution is -2.41. The minimum atomic E-state index is -0.241. The molecule has 0 aliphatic carbocycles. The van der Waals surface area contributed by atoms with Gasteiger partial charge >= 0.3 is 0 Å². The van der Waals surface area contributed by atoms with Gasteiger partial charge in [-0.3, -0.25) is 14.5 Å². The van der Waals surface area contributed by atoms with Crippen molar-refractivity contribution in [2.45, 2.75) is 13.5 Å². The minimum absolute atomic E-state index is 0.0723. The molecule has 3 aromatic heterocycles. The number of aryl methyl sites for hydroxylation is 1. The summed E-state index contributed by atoms with van der Waals surface area (Å²) in [5, 5.41) is 13.0. The molecule has 10 heteroatoms. The Morgan fingerprint density at radius 1 is 1.09 bits per heavy atom. The lowest BCUT2D eigenvalue weighted by atomic mass is 10.1. The highest BCUT2D eigenvalue weighted by Crippen LogP contribution is 2.28. The molecular weight excluding hydrogens is 464 g/mol. The average molecular weight is 491 g/mol. The van der Waals surface area contributed by atoms with Gasteiger partial charge in [0.15, 0.2) is 5.65 Å². The van der Waals surface area contributed by atoms with E-state index >= 15 is 0 Å². The van der Waals surface area contributed by atoms with Crippen LogP contribution < -0.4 is 10.6 Å². The van der Waals surface area contributed by atoms with Crippen molar-refractivity contribution in [3.8, 4) is 10.6 Å². The van der Waals surface area contributed by atoms with Gasteiger partial charge in [-0.15, -0.1) is 11.3 Å². The molecule has 1 aliphatic heterocycles. The van der Waals surface area contributed by atoms with Crippen LogP contribution in [0, 0.1) is 0 Å². The Morgan fingerprint density at radius 3 is 2.51 bits per heavy atom. The van der Waals surface area contributed by atoms with Crippen molar-refractivity contribution in [2.75, 3.05) is 43.5 Å². The monoisotopic (exact) mass is 490 g/mol. The molecule has 0 unspecified atom stereocenters. The summed E-state index contributed by atoms with van der Waals surface area (Å²) in [6, 6.07) is 12.9. The molecule has 0 radical (unpaired) electrons. The average Bonchev–Trinajstić information content (AvgIpc) is 3.55. The second-order valence-corrected chi connectivity index (χ2v) is 9.15. The lowest BCUT2D eigenvalue weighted by Gasteiger charge is -2.25. The van der Waals surface area contributed by atoms with Crippen LogP contribution in [0.15, 0.2) is 54.0 Å². The number of pyridine rings is 1. The quantitative estimate of drug-likeness (QED) is 0.410. The molecular formula is C25H26N6O3S. The van der Waals surface area contributed by atoms with Crippen LogP contribution in [0.5, 0.6) is 0 Å². The van der Waals surface area contributed by atoms with Crippen molar-refractivity contribution in [3.63, 3.8) is 0 Å². The first-order valence-corrected chi connectivity index (χ1v) is 12.4. The maximum absolute atomic E-state index is 13.3. The van der Waals surface area contributed by atoms with Gasteiger partial charge in [-0.05, 0) is 48.7 Å². The van der Waals surface area contributed by atoms with Crippen molar-refractivity contribution >= 4 is 45.6 Å². The molecule has 0 atom stereocenters. The fraction of sp³-hybridized carbons (Fsp3) is 0.280. The summed E-state index contributed by atoms with van der Waals surface area (Å²) in [5.41, 5.74) is 3.25. The minimum Gasteiger partial charge on any atom is -0.379 e. The first kappa shape index (κ1) is 23.2. The number of fused-ring (bicyclic) bond motifs is 1. The summed E-state index contributed by atoms with van der Waals surface area (Å²) in [5.74, 6) is -0.313. The summed E-state index contributed by atoms with van der Waals surface area (Å²) in [4.78, 5) is 33.4. The number of carbonyl (C=O) groups excluding carboxylic acids is 2. The van der Waals surface area contributed by atoms with Crippen molar-refractivity contribution < 1.29 is 14.3 Å². The second kappa shape index (κ2) is 10.3. The van der Waals surface area contributed by atoms with Gasteiger partial charge in [0.25, 0.3) is 5.91 Å². The van der Waals surface area contributed by atoms with E-state index < -0.39 is 0 Å². The number of ether oxygens (including phenoxy) is 1. The summed E-state index contributed by atoms with van der Waals surface area (Å²) in [6.45, 7) is 5.80. The highest BCUT2D eigenvalue weighted by Gasteiger charge is 2.18. The zero-order valence-corrected chi connectivity index (χ0v) is 20.2. The van der Waals surface area contributed by atoms with Crippen LogP contribution in [0.25, 0.3) is 21.6 Å². The first-order valence-electron chi connectivity index (χ1n) is 11.5. The van der Waals surface area contributed by atoms with E-state index in [9.17, 15) is 9.59 Å². The van der Waals surface area contributed by atoms with Crippen LogP contribution in [0.2, 0.25) is 0 Å². The fourth-order valence-electron chi connectivity index (χ4n) is 4.02. The first-order chi connectivity index (χ1) is 17.1. The van der Waals surface area contributed by atoms with Crippen molar-refractivity contribution in [1.82, 2.24) is 19.7 Å². The molecule has 35 heavy (non-hydrogen) atoms. The SMILES string of the molecule is CCn1ncc2c(C(=O)Nc3ccc(NC(=O)CN4CCOCC4)cc3)cc(-c3cccs3)nc21. The van der Waals surface area contributed by atoms with Crippen LogP contribution in [0.3, 0.4) is 0 Å². The topological polar surface area (TPSA) is 101 Å². The third kappa shape index (κ3) is 5.24. The molecule has 4 aromatic rings. The largest absolute Gasteiger partial charge is 0.379 e. The molecule has 2 amide bonds. The Labute approximate surface area is 206 Å². The Bertz CT molecular complexity index is 1330. The smallest absolute Gasteiger partial charge is 0.256 e. The van der Waals surface area contributed by atoms with Gasteiger partial charge in [-0.25, -0.2) is 9.67 Å². The van der Waals surface area contributed by atoms with E-state index in [1.807, 2.05) is 30.5 Å². The van der Waals surface area contributed by atoms with Crippen molar-refractivity contribution in [2.24, 2.45) is 0 Å². The predicted octanol–water partition coefficient (Wildman–Crippen LogP) is 3.70. The molecule has 9 nitrogen and oxygen atoms in total. The molecule has 0 bridgehead atoms. The molecule has 4 heterocycles. The van der Waals surface area contributed by atoms with Crippen LogP contribution >= 0.6 is 11.3 Å². The van der Waals surface area contributed by atoms with E-state index in [0.717, 1.165) is 23.7 Å². The molecule has 0 spiro atoms. The number of hydrogen-bond donors (Lipinski definition) is 2. The summed E-state index contributed by atoms with van der Waals surface area (Å²) < 4.78 is 7.11. The maximum Gasteiger partial charge on any atom is 0.256 e. The second-order valence-electron chi connectivity index (χ2n) is 8.20. The number of hydrogen-bond acceptors (Lipinski definition) is 7. The van der Waals surface area contributed by atoms with Gasteiger partial charge < -0.3 is 15.4 Å². The van der Waals surface area contributed by atoms with Crippen molar-refractivity contribution in [3.05, 3.63) is 59.6 Å². The Morgan fingerprint density at radius 2 is 1.83 bits per heavy atom. The molecule has 1 aliphatic rings. The van der Waals surface area contributed by atoms with Gasteiger partial charge in [0.1, 0.15) is 0 Å². The lowest BCUT2D eigenvalue weighted by molar-refractivity contribution is -0.118. The molecule has 0 saturated carbocycles. The number of nitrogens with one attached hydrogen (secondary N) is 2. The van der Waals surface area contributed by atoms with Gasteiger partial charge in [-0.2, -0.15) is 5.10 Å². The fourth-order valence-corrected chi connectivity index (χ4v) is 4.70. The number of morpholine rings is 1. The standard InChI is InChI=1S/C25H26N6O3S/c1-2-31-24-20(15-26-31)19(14-21(29-24)22-4-3-13-35-22)25(33)28-18-7-5-17(6-8-18)27-23(32)16-30-9-11-34-12-10-30/h3-8,13-15H,2,9-12,16H2,1H3,(H,27,32)(H,28,33). The Balaban J connectivity index is 1.31. The molecule has 1 fully saturated rings. The number of amides is 2. The summed E-state index contributed by atoms with van der Waals surface area (Å²) >= 11 is 1.57. The molecule has 5 rings (SSSR count). The molecule has 1 aromatic carbocycles. The van der Waals surface area contributed by atoms with Gasteiger partial charge in [0.2, 0.25) is 5.91 Å². The number of benzene rings is 1. The molecule has 2 N–H and O–H groups in total. The van der Waals surface area contributed by atoms with Gasteiger partial charge in [-0.1, -0.05) is 6.07 Å². The van der Waals surface area contributed by atoms with E-state index in [2.05, 4.69) is 20.6 Å².